The Kier molecular flexibility index (Phi) is 3.80. The molecule has 0 bridgehead atoms. The number of hydrogen-bond donors (Lipinski definition) is 1. The van der Waals surface area contributed by atoms with Crippen molar-refractivity contribution in [2.24, 2.45) is 0 Å². The van der Waals surface area contributed by atoms with E-state index in [0.29, 0.717) is 27.8 Å². The second-order valence-electron chi connectivity index (χ2n) is 5.25. The predicted octanol–water partition coefficient (Wildman–Crippen LogP) is 3.66. The van der Waals surface area contributed by atoms with Crippen LogP contribution >= 0.6 is 11.3 Å². The molecule has 1 aromatic heterocycles. The van der Waals surface area contributed by atoms with E-state index < -0.39 is 0 Å². The van der Waals surface area contributed by atoms with Crippen molar-refractivity contribution in [2.45, 2.75) is 0 Å². The first-order valence-electron chi connectivity index (χ1n) is 7.40. The number of carbonyl (C=O) groups excluding carboxylic acids is 1. The zero-order valence-corrected chi connectivity index (χ0v) is 13.7. The van der Waals surface area contributed by atoms with E-state index in [-0.39, 0.29) is 12.7 Å². The van der Waals surface area contributed by atoms with Crippen LogP contribution in [0.4, 0.5) is 5.13 Å². The molecule has 6 nitrogen and oxygen atoms in total. The molecule has 25 heavy (non-hydrogen) atoms. The van der Waals surface area contributed by atoms with Crippen molar-refractivity contribution in [1.82, 2.24) is 4.98 Å². The van der Waals surface area contributed by atoms with Gasteiger partial charge >= 0.3 is 0 Å². The van der Waals surface area contributed by atoms with Crippen molar-refractivity contribution >= 4 is 22.4 Å². The molecule has 0 fully saturated rings. The summed E-state index contributed by atoms with van der Waals surface area (Å²) in [5.74, 6) is 0.929. The van der Waals surface area contributed by atoms with E-state index in [4.69, 9.17) is 14.7 Å². The van der Waals surface area contributed by atoms with Crippen LogP contribution in [0.1, 0.15) is 15.9 Å². The third-order valence-electron chi connectivity index (χ3n) is 3.67. The summed E-state index contributed by atoms with van der Waals surface area (Å²) in [5.41, 5.74) is 2.70. The molecule has 0 unspecified atom stereocenters. The number of fused-ring (bicyclic) bond motifs is 1. The second-order valence-corrected chi connectivity index (χ2v) is 6.11. The normalized spacial score (nSPS) is 11.8. The third kappa shape index (κ3) is 3.03. The number of rotatable bonds is 3. The molecule has 0 saturated carbocycles. The molecular weight excluding hydrogens is 338 g/mol. The molecule has 0 spiro atoms. The van der Waals surface area contributed by atoms with Crippen LogP contribution in [-0.4, -0.2) is 17.7 Å². The van der Waals surface area contributed by atoms with Gasteiger partial charge in [-0.15, -0.1) is 11.3 Å². The summed E-state index contributed by atoms with van der Waals surface area (Å²) in [6, 6.07) is 14.2. The van der Waals surface area contributed by atoms with E-state index in [1.165, 1.54) is 11.3 Å². The van der Waals surface area contributed by atoms with E-state index in [1.54, 1.807) is 30.3 Å². The number of anilines is 1. The second kappa shape index (κ2) is 6.26. The zero-order valence-electron chi connectivity index (χ0n) is 12.9. The van der Waals surface area contributed by atoms with E-state index >= 15 is 0 Å². The number of nitrogens with zero attached hydrogens (tertiary/aromatic N) is 2. The van der Waals surface area contributed by atoms with Crippen LogP contribution in [0.2, 0.25) is 0 Å². The average molecular weight is 349 g/mol. The van der Waals surface area contributed by atoms with Crippen LogP contribution in [0.25, 0.3) is 11.3 Å². The van der Waals surface area contributed by atoms with Gasteiger partial charge in [-0.1, -0.05) is 12.1 Å². The summed E-state index contributed by atoms with van der Waals surface area (Å²) < 4.78 is 10.5. The molecular formula is C18H11N3O3S. The number of ether oxygens (including phenoxy) is 2. The molecule has 0 saturated heterocycles. The van der Waals surface area contributed by atoms with Crippen molar-refractivity contribution in [2.75, 3.05) is 12.1 Å². The molecule has 122 valence electrons. The Morgan fingerprint density at radius 1 is 1.16 bits per heavy atom. The van der Waals surface area contributed by atoms with Gasteiger partial charge in [-0.25, -0.2) is 4.98 Å². The zero-order chi connectivity index (χ0) is 17.2. The lowest BCUT2D eigenvalue weighted by atomic mass is 10.1. The van der Waals surface area contributed by atoms with Crippen molar-refractivity contribution in [3.05, 3.63) is 59.0 Å². The molecule has 0 radical (unpaired) electrons. The number of hydrogen-bond acceptors (Lipinski definition) is 6. The number of amides is 1. The summed E-state index contributed by atoms with van der Waals surface area (Å²) in [6.07, 6.45) is 0. The van der Waals surface area contributed by atoms with Crippen LogP contribution in [0, 0.1) is 11.3 Å². The van der Waals surface area contributed by atoms with E-state index in [0.717, 1.165) is 11.3 Å². The highest BCUT2D eigenvalue weighted by atomic mass is 32.1. The SMILES string of the molecule is N#Cc1ccc(-c2csc(NC(=O)c3ccc4c(c3)OCO4)n2)cc1. The monoisotopic (exact) mass is 349 g/mol. The summed E-state index contributed by atoms with van der Waals surface area (Å²) >= 11 is 1.34. The summed E-state index contributed by atoms with van der Waals surface area (Å²) in [7, 11) is 0. The molecule has 0 aliphatic carbocycles. The van der Waals surface area contributed by atoms with Crippen LogP contribution < -0.4 is 14.8 Å². The maximum Gasteiger partial charge on any atom is 0.257 e. The molecule has 0 atom stereocenters. The molecule has 4 rings (SSSR count). The first-order chi connectivity index (χ1) is 12.2. The van der Waals surface area contributed by atoms with Crippen LogP contribution in [0.5, 0.6) is 11.5 Å². The highest BCUT2D eigenvalue weighted by Gasteiger charge is 2.17. The van der Waals surface area contributed by atoms with Crippen molar-refractivity contribution in [1.29, 1.82) is 5.26 Å². The number of thiazole rings is 1. The predicted molar refractivity (Wildman–Crippen MR) is 92.8 cm³/mol. The lowest BCUT2D eigenvalue weighted by molar-refractivity contribution is 0.102. The van der Waals surface area contributed by atoms with Gasteiger partial charge in [-0.05, 0) is 30.3 Å². The molecule has 7 heteroatoms. The first kappa shape index (κ1) is 15.2. The van der Waals surface area contributed by atoms with Crippen molar-refractivity contribution < 1.29 is 14.3 Å². The third-order valence-corrected chi connectivity index (χ3v) is 4.43. The Hall–Kier alpha value is -3.37. The van der Waals surface area contributed by atoms with E-state index in [2.05, 4.69) is 16.4 Å². The Morgan fingerprint density at radius 2 is 1.96 bits per heavy atom. The van der Waals surface area contributed by atoms with Gasteiger partial charge < -0.3 is 9.47 Å². The Labute approximate surface area is 147 Å². The van der Waals surface area contributed by atoms with Gasteiger partial charge in [0, 0.05) is 16.5 Å². The van der Waals surface area contributed by atoms with Gasteiger partial charge in [0.2, 0.25) is 6.79 Å². The van der Waals surface area contributed by atoms with Gasteiger partial charge in [-0.2, -0.15) is 5.26 Å². The lowest BCUT2D eigenvalue weighted by Crippen LogP contribution is -2.11. The summed E-state index contributed by atoms with van der Waals surface area (Å²) in [5, 5.41) is 14.0. The van der Waals surface area contributed by atoms with Crippen LogP contribution in [-0.2, 0) is 0 Å². The number of benzene rings is 2. The van der Waals surface area contributed by atoms with Crippen LogP contribution in [0.15, 0.2) is 47.8 Å². The molecule has 1 aliphatic heterocycles. The fourth-order valence-electron chi connectivity index (χ4n) is 2.39. The van der Waals surface area contributed by atoms with Gasteiger partial charge in [0.25, 0.3) is 5.91 Å². The molecule has 2 aromatic carbocycles. The number of aromatic nitrogens is 1. The Balaban J connectivity index is 1.50. The van der Waals surface area contributed by atoms with Gasteiger partial charge in [0.05, 0.1) is 17.3 Å². The maximum absolute atomic E-state index is 12.4. The fraction of sp³-hybridized carbons (Fsp3) is 0.0556. The van der Waals surface area contributed by atoms with E-state index in [1.807, 2.05) is 17.5 Å². The van der Waals surface area contributed by atoms with Gasteiger partial charge in [-0.3, -0.25) is 10.1 Å². The van der Waals surface area contributed by atoms with Crippen molar-refractivity contribution in [3.8, 4) is 28.8 Å². The molecule has 1 N–H and O–H groups in total. The lowest BCUT2D eigenvalue weighted by Gasteiger charge is -2.03. The minimum Gasteiger partial charge on any atom is -0.454 e. The maximum atomic E-state index is 12.4. The van der Waals surface area contributed by atoms with Gasteiger partial charge in [0.1, 0.15) is 0 Å². The quantitative estimate of drug-likeness (QED) is 0.780. The summed E-state index contributed by atoms with van der Waals surface area (Å²) in [4.78, 5) is 16.8. The molecule has 1 aliphatic rings. The Bertz CT molecular complexity index is 990. The first-order valence-corrected chi connectivity index (χ1v) is 8.28. The number of carbonyl (C=O) groups is 1. The minimum atomic E-state index is -0.265. The van der Waals surface area contributed by atoms with E-state index in [9.17, 15) is 4.79 Å². The Morgan fingerprint density at radius 3 is 2.76 bits per heavy atom. The standard InChI is InChI=1S/C18H11N3O3S/c19-8-11-1-3-12(4-2-11)14-9-25-18(20-14)21-17(22)13-5-6-15-16(7-13)24-10-23-15/h1-7,9H,10H2,(H,20,21,22). The topological polar surface area (TPSA) is 84.2 Å². The number of nitriles is 1. The van der Waals surface area contributed by atoms with Crippen LogP contribution in [0.3, 0.4) is 0 Å². The minimum absolute atomic E-state index is 0.167. The average Bonchev–Trinajstić information content (AvgIpc) is 3.30. The largest absolute Gasteiger partial charge is 0.454 e. The molecule has 2 heterocycles. The highest BCUT2D eigenvalue weighted by molar-refractivity contribution is 7.14. The summed E-state index contributed by atoms with van der Waals surface area (Å²) in [6.45, 7) is 0.167. The fourth-order valence-corrected chi connectivity index (χ4v) is 3.10. The number of nitrogens with one attached hydrogen (secondary N) is 1. The molecule has 1 amide bonds. The smallest absolute Gasteiger partial charge is 0.257 e. The highest BCUT2D eigenvalue weighted by Crippen LogP contribution is 2.33. The van der Waals surface area contributed by atoms with Gasteiger partial charge in [0.15, 0.2) is 16.6 Å². The molecule has 3 aromatic rings. The van der Waals surface area contributed by atoms with Crippen molar-refractivity contribution in [3.63, 3.8) is 0 Å².